The van der Waals surface area contributed by atoms with Crippen LogP contribution in [0.3, 0.4) is 0 Å². The van der Waals surface area contributed by atoms with Crippen LogP contribution in [0.1, 0.15) is 11.1 Å². The van der Waals surface area contributed by atoms with Crippen molar-refractivity contribution in [3.8, 4) is 0 Å². The lowest BCUT2D eigenvalue weighted by atomic mass is 10.1. The Morgan fingerprint density at radius 2 is 1.78 bits per heavy atom. The number of rotatable bonds is 2. The molecule has 0 saturated heterocycles. The molecule has 0 N–H and O–H groups in total. The SMILES string of the molecule is Cc1ccccc1Cn1c(=O)oc2ccccc21. The van der Waals surface area contributed by atoms with Crippen LogP contribution in [0.4, 0.5) is 0 Å². The second-order valence-corrected chi connectivity index (χ2v) is 4.35. The lowest BCUT2D eigenvalue weighted by molar-refractivity contribution is 0.517. The number of nitrogens with zero attached hydrogens (tertiary/aromatic N) is 1. The van der Waals surface area contributed by atoms with Crippen molar-refractivity contribution in [2.24, 2.45) is 0 Å². The maximum absolute atomic E-state index is 11.9. The van der Waals surface area contributed by atoms with E-state index in [9.17, 15) is 4.79 Å². The Morgan fingerprint density at radius 1 is 1.06 bits per heavy atom. The van der Waals surface area contributed by atoms with E-state index < -0.39 is 0 Å². The van der Waals surface area contributed by atoms with Gasteiger partial charge in [-0.05, 0) is 30.2 Å². The third kappa shape index (κ3) is 1.74. The van der Waals surface area contributed by atoms with Gasteiger partial charge in [-0.15, -0.1) is 0 Å². The summed E-state index contributed by atoms with van der Waals surface area (Å²) in [4.78, 5) is 11.9. The molecule has 18 heavy (non-hydrogen) atoms. The van der Waals surface area contributed by atoms with Gasteiger partial charge >= 0.3 is 5.76 Å². The first-order valence-corrected chi connectivity index (χ1v) is 5.88. The molecule has 0 bridgehead atoms. The molecule has 0 spiro atoms. The van der Waals surface area contributed by atoms with Crippen LogP contribution in [0.5, 0.6) is 0 Å². The highest BCUT2D eigenvalue weighted by molar-refractivity contribution is 5.72. The second-order valence-electron chi connectivity index (χ2n) is 4.35. The molecule has 0 unspecified atom stereocenters. The zero-order chi connectivity index (χ0) is 12.5. The van der Waals surface area contributed by atoms with Gasteiger partial charge in [-0.3, -0.25) is 4.57 Å². The molecule has 3 nitrogen and oxygen atoms in total. The summed E-state index contributed by atoms with van der Waals surface area (Å²) in [5.74, 6) is -0.306. The molecule has 0 atom stereocenters. The third-order valence-corrected chi connectivity index (χ3v) is 3.16. The fourth-order valence-electron chi connectivity index (χ4n) is 2.12. The number of benzene rings is 2. The topological polar surface area (TPSA) is 35.1 Å². The summed E-state index contributed by atoms with van der Waals surface area (Å²) in [5.41, 5.74) is 3.78. The van der Waals surface area contributed by atoms with Gasteiger partial charge in [0.2, 0.25) is 0 Å². The number of aromatic nitrogens is 1. The minimum absolute atomic E-state index is 0.306. The second kappa shape index (κ2) is 4.18. The number of hydrogen-bond donors (Lipinski definition) is 0. The van der Waals surface area contributed by atoms with E-state index in [4.69, 9.17) is 4.42 Å². The number of oxazole rings is 1. The molecule has 3 rings (SSSR count). The van der Waals surface area contributed by atoms with Crippen LogP contribution in [0.2, 0.25) is 0 Å². The Kier molecular flexibility index (Phi) is 2.52. The van der Waals surface area contributed by atoms with E-state index in [0.717, 1.165) is 11.1 Å². The molecule has 0 saturated carbocycles. The van der Waals surface area contributed by atoms with Crippen LogP contribution < -0.4 is 5.76 Å². The Balaban J connectivity index is 2.13. The first-order valence-electron chi connectivity index (χ1n) is 5.88. The van der Waals surface area contributed by atoms with Crippen molar-refractivity contribution in [3.63, 3.8) is 0 Å². The molecule has 0 amide bonds. The fraction of sp³-hybridized carbons (Fsp3) is 0.133. The monoisotopic (exact) mass is 239 g/mol. The molecule has 1 aromatic heterocycles. The van der Waals surface area contributed by atoms with Gasteiger partial charge in [0.25, 0.3) is 0 Å². The molecule has 0 fully saturated rings. The highest BCUT2D eigenvalue weighted by Crippen LogP contribution is 2.15. The van der Waals surface area contributed by atoms with Gasteiger partial charge in [-0.2, -0.15) is 0 Å². The summed E-state index contributed by atoms with van der Waals surface area (Å²) in [6.45, 7) is 2.59. The maximum atomic E-state index is 11.9. The summed E-state index contributed by atoms with van der Waals surface area (Å²) in [6.07, 6.45) is 0. The first-order chi connectivity index (χ1) is 8.75. The highest BCUT2D eigenvalue weighted by Gasteiger charge is 2.09. The van der Waals surface area contributed by atoms with Crippen LogP contribution in [-0.2, 0) is 6.54 Å². The van der Waals surface area contributed by atoms with E-state index in [-0.39, 0.29) is 5.76 Å². The summed E-state index contributed by atoms with van der Waals surface area (Å²) in [6, 6.07) is 15.5. The number of para-hydroxylation sites is 2. The zero-order valence-corrected chi connectivity index (χ0v) is 10.1. The van der Waals surface area contributed by atoms with Crippen LogP contribution in [0, 0.1) is 6.92 Å². The predicted octanol–water partition coefficient (Wildman–Crippen LogP) is 2.95. The first kappa shape index (κ1) is 10.8. The van der Waals surface area contributed by atoms with E-state index in [2.05, 4.69) is 0 Å². The van der Waals surface area contributed by atoms with E-state index in [1.54, 1.807) is 4.57 Å². The predicted molar refractivity (Wildman–Crippen MR) is 70.8 cm³/mol. The maximum Gasteiger partial charge on any atom is 0.420 e. The molecular formula is C15H13NO2. The summed E-state index contributed by atoms with van der Waals surface area (Å²) in [5, 5.41) is 0. The van der Waals surface area contributed by atoms with E-state index in [1.165, 1.54) is 5.56 Å². The lowest BCUT2D eigenvalue weighted by Gasteiger charge is -2.05. The van der Waals surface area contributed by atoms with Crippen molar-refractivity contribution in [1.82, 2.24) is 4.57 Å². The van der Waals surface area contributed by atoms with E-state index in [0.29, 0.717) is 12.1 Å². The molecule has 3 aromatic rings. The Hall–Kier alpha value is -2.29. The van der Waals surface area contributed by atoms with Crippen LogP contribution in [0.15, 0.2) is 57.7 Å². The van der Waals surface area contributed by atoms with Crippen molar-refractivity contribution in [1.29, 1.82) is 0 Å². The van der Waals surface area contributed by atoms with Gasteiger partial charge < -0.3 is 4.42 Å². The Morgan fingerprint density at radius 3 is 2.61 bits per heavy atom. The average Bonchev–Trinajstić information content (AvgIpc) is 2.69. The molecule has 3 heteroatoms. The van der Waals surface area contributed by atoms with Crippen molar-refractivity contribution in [2.75, 3.05) is 0 Å². The third-order valence-electron chi connectivity index (χ3n) is 3.16. The molecular weight excluding hydrogens is 226 g/mol. The average molecular weight is 239 g/mol. The molecule has 2 aromatic carbocycles. The van der Waals surface area contributed by atoms with Crippen molar-refractivity contribution >= 4 is 11.1 Å². The Bertz CT molecular complexity index is 752. The van der Waals surface area contributed by atoms with E-state index in [1.807, 2.05) is 55.5 Å². The van der Waals surface area contributed by atoms with Gasteiger partial charge in [0.15, 0.2) is 5.58 Å². The Labute approximate surface area is 104 Å². The molecule has 0 aliphatic rings. The molecule has 0 radical (unpaired) electrons. The normalized spacial score (nSPS) is 10.9. The van der Waals surface area contributed by atoms with Crippen LogP contribution >= 0.6 is 0 Å². The fourth-order valence-corrected chi connectivity index (χ4v) is 2.12. The molecule has 90 valence electrons. The van der Waals surface area contributed by atoms with Gasteiger partial charge in [-0.25, -0.2) is 4.79 Å². The van der Waals surface area contributed by atoms with Gasteiger partial charge in [0.1, 0.15) is 0 Å². The van der Waals surface area contributed by atoms with Crippen molar-refractivity contribution in [2.45, 2.75) is 13.5 Å². The van der Waals surface area contributed by atoms with Gasteiger partial charge in [0.05, 0.1) is 12.1 Å². The standard InChI is InChI=1S/C15H13NO2/c1-11-6-2-3-7-12(11)10-16-13-8-4-5-9-14(13)18-15(16)17/h2-9H,10H2,1H3. The number of fused-ring (bicyclic) bond motifs is 1. The lowest BCUT2D eigenvalue weighted by Crippen LogP contribution is -2.15. The van der Waals surface area contributed by atoms with Crippen molar-refractivity contribution in [3.05, 3.63) is 70.2 Å². The minimum Gasteiger partial charge on any atom is -0.408 e. The number of aryl methyl sites for hydroxylation is 1. The largest absolute Gasteiger partial charge is 0.420 e. The van der Waals surface area contributed by atoms with Crippen LogP contribution in [-0.4, -0.2) is 4.57 Å². The quantitative estimate of drug-likeness (QED) is 0.689. The smallest absolute Gasteiger partial charge is 0.408 e. The minimum atomic E-state index is -0.306. The van der Waals surface area contributed by atoms with Crippen molar-refractivity contribution < 1.29 is 4.42 Å². The molecule has 1 heterocycles. The number of hydrogen-bond acceptors (Lipinski definition) is 2. The van der Waals surface area contributed by atoms with Gasteiger partial charge in [-0.1, -0.05) is 36.4 Å². The zero-order valence-electron chi connectivity index (χ0n) is 10.1. The summed E-state index contributed by atoms with van der Waals surface area (Å²) >= 11 is 0. The highest BCUT2D eigenvalue weighted by atomic mass is 16.4. The molecule has 0 aliphatic heterocycles. The van der Waals surface area contributed by atoms with Crippen LogP contribution in [0.25, 0.3) is 11.1 Å². The molecule has 0 aliphatic carbocycles. The van der Waals surface area contributed by atoms with E-state index >= 15 is 0 Å². The summed E-state index contributed by atoms with van der Waals surface area (Å²) in [7, 11) is 0. The summed E-state index contributed by atoms with van der Waals surface area (Å²) < 4.78 is 6.88. The van der Waals surface area contributed by atoms with Gasteiger partial charge in [0, 0.05) is 0 Å².